The predicted molar refractivity (Wildman–Crippen MR) is 89.0 cm³/mol. The Balaban J connectivity index is 2.24. The summed E-state index contributed by atoms with van der Waals surface area (Å²) in [7, 11) is 6.75. The van der Waals surface area contributed by atoms with Gasteiger partial charge in [0.15, 0.2) is 17.3 Å². The Morgan fingerprint density at radius 1 is 1.00 bits per heavy atom. The topological polar surface area (TPSA) is 51.2 Å². The molecule has 1 fully saturated rings. The average Bonchev–Trinajstić information content (AvgIpc) is 2.59. The van der Waals surface area contributed by atoms with E-state index in [9.17, 15) is 4.79 Å². The largest absolute Gasteiger partial charge is 0.493 e. The first-order valence-corrected chi connectivity index (χ1v) is 7.78. The van der Waals surface area contributed by atoms with Crippen molar-refractivity contribution < 1.29 is 19.0 Å². The lowest BCUT2D eigenvalue weighted by Gasteiger charge is -2.35. The average molecular weight is 322 g/mol. The van der Waals surface area contributed by atoms with Gasteiger partial charge in [-0.15, -0.1) is 0 Å². The summed E-state index contributed by atoms with van der Waals surface area (Å²) in [5.74, 6) is 1.56. The Morgan fingerprint density at radius 2 is 1.52 bits per heavy atom. The molecular formula is C17H26N2O4. The first-order chi connectivity index (χ1) is 11.0. The van der Waals surface area contributed by atoms with Crippen LogP contribution in [0, 0.1) is 0 Å². The Kier molecular flexibility index (Phi) is 5.85. The molecule has 1 aliphatic rings. The standard InChI is InChI=1S/C17H26N2O4/c1-12(19-8-6-18(2)7-9-19)16(20)13-10-14(21-3)17(23-5)15(11-13)22-4/h10-12H,6-9H2,1-5H3. The smallest absolute Gasteiger partial charge is 0.203 e. The molecule has 1 aromatic carbocycles. The van der Waals surface area contributed by atoms with E-state index >= 15 is 0 Å². The number of hydrogen-bond acceptors (Lipinski definition) is 6. The van der Waals surface area contributed by atoms with E-state index in [1.165, 1.54) is 0 Å². The Labute approximate surface area is 137 Å². The van der Waals surface area contributed by atoms with Gasteiger partial charge in [0.1, 0.15) is 0 Å². The normalized spacial score (nSPS) is 17.6. The molecular weight excluding hydrogens is 296 g/mol. The van der Waals surface area contributed by atoms with Gasteiger partial charge in [0, 0.05) is 31.7 Å². The molecule has 1 atom stereocenters. The molecule has 0 amide bonds. The van der Waals surface area contributed by atoms with Gasteiger partial charge in [-0.25, -0.2) is 0 Å². The van der Waals surface area contributed by atoms with Crippen LogP contribution in [0.15, 0.2) is 12.1 Å². The van der Waals surface area contributed by atoms with Crippen LogP contribution >= 0.6 is 0 Å². The molecule has 1 saturated heterocycles. The molecule has 128 valence electrons. The monoisotopic (exact) mass is 322 g/mol. The number of carbonyl (C=O) groups excluding carboxylic acids is 1. The molecule has 0 spiro atoms. The van der Waals surface area contributed by atoms with Crippen molar-refractivity contribution in [1.82, 2.24) is 9.80 Å². The number of rotatable bonds is 6. The van der Waals surface area contributed by atoms with Crippen molar-refractivity contribution in [3.63, 3.8) is 0 Å². The first kappa shape index (κ1) is 17.6. The summed E-state index contributed by atoms with van der Waals surface area (Å²) < 4.78 is 16.0. The minimum absolute atomic E-state index is 0.0637. The number of ketones is 1. The summed E-state index contributed by atoms with van der Waals surface area (Å²) >= 11 is 0. The highest BCUT2D eigenvalue weighted by molar-refractivity contribution is 6.01. The van der Waals surface area contributed by atoms with Gasteiger partial charge < -0.3 is 19.1 Å². The van der Waals surface area contributed by atoms with Gasteiger partial charge in [-0.05, 0) is 26.1 Å². The summed E-state index contributed by atoms with van der Waals surface area (Å²) in [5, 5.41) is 0. The number of likely N-dealkylation sites (N-methyl/N-ethyl adjacent to an activating group) is 1. The fourth-order valence-corrected chi connectivity index (χ4v) is 2.84. The van der Waals surface area contributed by atoms with Gasteiger partial charge in [-0.1, -0.05) is 0 Å². The minimum Gasteiger partial charge on any atom is -0.493 e. The Morgan fingerprint density at radius 3 is 1.96 bits per heavy atom. The maximum absolute atomic E-state index is 12.9. The number of hydrogen-bond donors (Lipinski definition) is 0. The van der Waals surface area contributed by atoms with Crippen molar-refractivity contribution in [2.45, 2.75) is 13.0 Å². The number of nitrogens with zero attached hydrogens (tertiary/aromatic N) is 2. The molecule has 0 aliphatic carbocycles. The predicted octanol–water partition coefficient (Wildman–Crippen LogP) is 1.53. The van der Waals surface area contributed by atoms with Crippen molar-refractivity contribution in [2.24, 2.45) is 0 Å². The summed E-state index contributed by atoms with van der Waals surface area (Å²) in [5.41, 5.74) is 0.575. The van der Waals surface area contributed by atoms with E-state index in [1.54, 1.807) is 33.5 Å². The summed E-state index contributed by atoms with van der Waals surface area (Å²) in [4.78, 5) is 17.3. The van der Waals surface area contributed by atoms with Gasteiger partial charge in [0.25, 0.3) is 0 Å². The van der Waals surface area contributed by atoms with Crippen LogP contribution in [-0.4, -0.2) is 76.2 Å². The van der Waals surface area contributed by atoms with E-state index in [4.69, 9.17) is 14.2 Å². The van der Waals surface area contributed by atoms with Crippen LogP contribution in [0.4, 0.5) is 0 Å². The van der Waals surface area contributed by atoms with E-state index in [0.717, 1.165) is 26.2 Å². The van der Waals surface area contributed by atoms with Gasteiger partial charge in [-0.2, -0.15) is 0 Å². The van der Waals surface area contributed by atoms with Gasteiger partial charge >= 0.3 is 0 Å². The lowest BCUT2D eigenvalue weighted by molar-refractivity contribution is 0.0737. The number of methoxy groups -OCH3 is 3. The van der Waals surface area contributed by atoms with Gasteiger partial charge in [-0.3, -0.25) is 9.69 Å². The van der Waals surface area contributed by atoms with Crippen LogP contribution in [0.1, 0.15) is 17.3 Å². The number of piperazine rings is 1. The molecule has 1 aromatic rings. The summed E-state index contributed by atoms with van der Waals surface area (Å²) in [6.45, 7) is 5.71. The number of benzene rings is 1. The number of Topliss-reactive ketones (excluding diaryl/α,β-unsaturated/α-hetero) is 1. The highest BCUT2D eigenvalue weighted by Gasteiger charge is 2.27. The molecule has 1 unspecified atom stereocenters. The highest BCUT2D eigenvalue weighted by Crippen LogP contribution is 2.38. The second-order valence-electron chi connectivity index (χ2n) is 5.79. The Hall–Kier alpha value is -1.79. The third kappa shape index (κ3) is 3.76. The van der Waals surface area contributed by atoms with E-state index in [2.05, 4.69) is 16.8 Å². The SMILES string of the molecule is COc1cc(C(=O)C(C)N2CCN(C)CC2)cc(OC)c1OC. The molecule has 0 radical (unpaired) electrons. The molecule has 1 heterocycles. The van der Waals surface area contributed by atoms with Crippen molar-refractivity contribution in [3.05, 3.63) is 17.7 Å². The van der Waals surface area contributed by atoms with E-state index < -0.39 is 0 Å². The third-order valence-electron chi connectivity index (χ3n) is 4.41. The van der Waals surface area contributed by atoms with Crippen LogP contribution < -0.4 is 14.2 Å². The molecule has 1 aliphatic heterocycles. The third-order valence-corrected chi connectivity index (χ3v) is 4.41. The van der Waals surface area contributed by atoms with Crippen molar-refractivity contribution in [1.29, 1.82) is 0 Å². The number of carbonyl (C=O) groups is 1. The molecule has 6 nitrogen and oxygen atoms in total. The zero-order chi connectivity index (χ0) is 17.0. The Bertz CT molecular complexity index is 529. The van der Waals surface area contributed by atoms with Crippen molar-refractivity contribution >= 4 is 5.78 Å². The zero-order valence-electron chi connectivity index (χ0n) is 14.6. The fraction of sp³-hybridized carbons (Fsp3) is 0.588. The van der Waals surface area contributed by atoms with Gasteiger partial charge in [0.2, 0.25) is 5.75 Å². The van der Waals surface area contributed by atoms with E-state index in [-0.39, 0.29) is 11.8 Å². The molecule has 2 rings (SSSR count). The minimum atomic E-state index is -0.175. The van der Waals surface area contributed by atoms with E-state index in [0.29, 0.717) is 22.8 Å². The van der Waals surface area contributed by atoms with Crippen molar-refractivity contribution in [3.8, 4) is 17.2 Å². The highest BCUT2D eigenvalue weighted by atomic mass is 16.5. The van der Waals surface area contributed by atoms with Gasteiger partial charge in [0.05, 0.1) is 27.4 Å². The maximum Gasteiger partial charge on any atom is 0.203 e. The second kappa shape index (κ2) is 7.66. The fourth-order valence-electron chi connectivity index (χ4n) is 2.84. The quantitative estimate of drug-likeness (QED) is 0.741. The number of ether oxygens (including phenoxy) is 3. The summed E-state index contributed by atoms with van der Waals surface area (Å²) in [6.07, 6.45) is 0. The van der Waals surface area contributed by atoms with Crippen molar-refractivity contribution in [2.75, 3.05) is 54.6 Å². The molecule has 6 heteroatoms. The molecule has 23 heavy (non-hydrogen) atoms. The maximum atomic E-state index is 12.9. The molecule has 0 N–H and O–H groups in total. The first-order valence-electron chi connectivity index (χ1n) is 7.78. The second-order valence-corrected chi connectivity index (χ2v) is 5.79. The van der Waals surface area contributed by atoms with Crippen LogP contribution in [0.25, 0.3) is 0 Å². The van der Waals surface area contributed by atoms with E-state index in [1.807, 2.05) is 6.92 Å². The van der Waals surface area contributed by atoms with Crippen LogP contribution in [0.3, 0.4) is 0 Å². The van der Waals surface area contributed by atoms with Crippen LogP contribution in [0.2, 0.25) is 0 Å². The lowest BCUT2D eigenvalue weighted by atomic mass is 10.0. The zero-order valence-corrected chi connectivity index (χ0v) is 14.6. The molecule has 0 saturated carbocycles. The molecule has 0 bridgehead atoms. The van der Waals surface area contributed by atoms with Crippen LogP contribution in [0.5, 0.6) is 17.2 Å². The van der Waals surface area contributed by atoms with Crippen LogP contribution in [-0.2, 0) is 0 Å². The summed E-state index contributed by atoms with van der Waals surface area (Å²) in [6, 6.07) is 3.26. The lowest BCUT2D eigenvalue weighted by Crippen LogP contribution is -2.50. The molecule has 0 aromatic heterocycles.